The number of hydrogen-bond acceptors (Lipinski definition) is 6. The summed E-state index contributed by atoms with van der Waals surface area (Å²) in [7, 11) is 2.08. The molecule has 0 fully saturated rings. The summed E-state index contributed by atoms with van der Waals surface area (Å²) in [5.41, 5.74) is 2.10. The molecule has 4 N–H and O–H groups in total. The van der Waals surface area contributed by atoms with Crippen LogP contribution in [0, 0.1) is 0 Å². The predicted octanol–water partition coefficient (Wildman–Crippen LogP) is 5.30. The number of hydrogen-bond donors (Lipinski definition) is 4. The van der Waals surface area contributed by atoms with E-state index in [-0.39, 0.29) is 12.4 Å². The Morgan fingerprint density at radius 3 is 2.37 bits per heavy atom. The first kappa shape index (κ1) is 29.8. The van der Waals surface area contributed by atoms with Gasteiger partial charge < -0.3 is 30.3 Å². The molecule has 0 saturated heterocycles. The maximum absolute atomic E-state index is 10.3. The van der Waals surface area contributed by atoms with Gasteiger partial charge in [-0.25, -0.2) is 0 Å². The Morgan fingerprint density at radius 1 is 0.971 bits per heavy atom. The molecule has 1 atom stereocenters. The first-order valence-corrected chi connectivity index (χ1v) is 13.2. The van der Waals surface area contributed by atoms with Crippen LogP contribution in [0.15, 0.2) is 36.4 Å². The van der Waals surface area contributed by atoms with Crippen molar-refractivity contribution in [3.63, 3.8) is 0 Å². The van der Waals surface area contributed by atoms with Gasteiger partial charge >= 0.3 is 0 Å². The normalized spacial score (nSPS) is 12.4. The molecule has 196 valence electrons. The number of aromatic hydroxyl groups is 1. The highest BCUT2D eigenvalue weighted by molar-refractivity contribution is 6.35. The Balaban J connectivity index is 1.40. The average molecular weight is 528 g/mol. The molecule has 1 unspecified atom stereocenters. The van der Waals surface area contributed by atoms with Crippen molar-refractivity contribution in [2.75, 3.05) is 39.9 Å². The summed E-state index contributed by atoms with van der Waals surface area (Å²) >= 11 is 12.5. The highest BCUT2D eigenvalue weighted by Gasteiger charge is 2.10. The quantitative estimate of drug-likeness (QED) is 0.197. The molecule has 0 amide bonds. The van der Waals surface area contributed by atoms with Crippen molar-refractivity contribution in [3.05, 3.63) is 63.1 Å². The van der Waals surface area contributed by atoms with Gasteiger partial charge in [0.25, 0.3) is 0 Å². The number of rotatable bonds is 18. The summed E-state index contributed by atoms with van der Waals surface area (Å²) < 4.78 is 5.76. The summed E-state index contributed by atoms with van der Waals surface area (Å²) in [6.07, 6.45) is 5.80. The summed E-state index contributed by atoms with van der Waals surface area (Å²) in [6, 6.07) is 10.4. The summed E-state index contributed by atoms with van der Waals surface area (Å²) in [4.78, 5) is 2.23. The molecule has 2 aromatic carbocycles. The number of unbranched alkanes of at least 4 members (excludes halogenated alkanes) is 4. The van der Waals surface area contributed by atoms with Gasteiger partial charge in [0.2, 0.25) is 0 Å². The Morgan fingerprint density at radius 2 is 1.66 bits per heavy atom. The molecular weight excluding hydrogens is 487 g/mol. The van der Waals surface area contributed by atoms with E-state index in [0.29, 0.717) is 27.7 Å². The van der Waals surface area contributed by atoms with E-state index >= 15 is 0 Å². The molecule has 0 aliphatic carbocycles. The first-order valence-electron chi connectivity index (χ1n) is 12.4. The van der Waals surface area contributed by atoms with E-state index in [1.165, 1.54) is 6.07 Å². The molecule has 6 nitrogen and oxygen atoms in total. The third kappa shape index (κ3) is 11.5. The number of benzene rings is 2. The van der Waals surface area contributed by atoms with Crippen LogP contribution < -0.4 is 5.32 Å². The number of aliphatic hydroxyl groups excluding tert-OH is 2. The minimum absolute atomic E-state index is 0.0448. The van der Waals surface area contributed by atoms with Crippen molar-refractivity contribution >= 4 is 23.2 Å². The molecule has 0 radical (unpaired) electrons. The van der Waals surface area contributed by atoms with E-state index in [1.54, 1.807) is 12.1 Å². The van der Waals surface area contributed by atoms with E-state index in [1.807, 2.05) is 18.2 Å². The number of halogens is 2. The van der Waals surface area contributed by atoms with Crippen LogP contribution in [0.5, 0.6) is 5.75 Å². The van der Waals surface area contributed by atoms with E-state index in [4.69, 9.17) is 27.9 Å². The maximum atomic E-state index is 10.3. The Hall–Kier alpha value is -1.38. The lowest BCUT2D eigenvalue weighted by Crippen LogP contribution is -2.22. The van der Waals surface area contributed by atoms with Crippen molar-refractivity contribution in [2.45, 2.75) is 57.8 Å². The molecule has 0 aliphatic heterocycles. The van der Waals surface area contributed by atoms with E-state index in [2.05, 4.69) is 17.3 Å². The zero-order valence-electron chi connectivity index (χ0n) is 20.7. The summed E-state index contributed by atoms with van der Waals surface area (Å²) in [5, 5.41) is 33.8. The zero-order chi connectivity index (χ0) is 25.5. The smallest absolute Gasteiger partial charge is 0.121 e. The molecule has 35 heavy (non-hydrogen) atoms. The number of aliphatic hydroxyl groups is 2. The van der Waals surface area contributed by atoms with Gasteiger partial charge in [0.05, 0.1) is 12.7 Å². The van der Waals surface area contributed by atoms with E-state index < -0.39 is 6.10 Å². The van der Waals surface area contributed by atoms with Gasteiger partial charge in [-0.15, -0.1) is 0 Å². The molecule has 0 aliphatic rings. The average Bonchev–Trinajstić information content (AvgIpc) is 2.84. The van der Waals surface area contributed by atoms with Crippen molar-refractivity contribution in [1.82, 2.24) is 10.2 Å². The molecule has 0 saturated carbocycles. The monoisotopic (exact) mass is 526 g/mol. The zero-order valence-corrected chi connectivity index (χ0v) is 22.2. The van der Waals surface area contributed by atoms with Crippen molar-refractivity contribution in [2.24, 2.45) is 0 Å². The van der Waals surface area contributed by atoms with Crippen LogP contribution >= 0.6 is 23.2 Å². The van der Waals surface area contributed by atoms with E-state index in [0.717, 1.165) is 76.9 Å². The number of ether oxygens (including phenoxy) is 1. The van der Waals surface area contributed by atoms with Crippen molar-refractivity contribution < 1.29 is 20.1 Å². The molecular formula is C27H40Cl2N2O4. The van der Waals surface area contributed by atoms with Crippen LogP contribution in [0.3, 0.4) is 0 Å². The van der Waals surface area contributed by atoms with Crippen molar-refractivity contribution in [3.8, 4) is 5.75 Å². The van der Waals surface area contributed by atoms with Crippen LogP contribution in [-0.4, -0.2) is 60.1 Å². The lowest BCUT2D eigenvalue weighted by atomic mass is 10.1. The Labute approximate surface area is 219 Å². The molecule has 0 bridgehead atoms. The fourth-order valence-electron chi connectivity index (χ4n) is 3.82. The molecule has 0 spiro atoms. The third-order valence-corrected chi connectivity index (χ3v) is 6.67. The van der Waals surface area contributed by atoms with Crippen molar-refractivity contribution in [1.29, 1.82) is 0 Å². The third-order valence-electron chi connectivity index (χ3n) is 5.96. The minimum Gasteiger partial charge on any atom is -0.508 e. The topological polar surface area (TPSA) is 85.2 Å². The molecule has 0 aromatic heterocycles. The van der Waals surface area contributed by atoms with Crippen LogP contribution in [0.2, 0.25) is 10.0 Å². The van der Waals surface area contributed by atoms with Gasteiger partial charge in [-0.2, -0.15) is 0 Å². The lowest BCUT2D eigenvalue weighted by Gasteiger charge is -2.18. The van der Waals surface area contributed by atoms with Crippen LogP contribution in [-0.2, 0) is 17.9 Å². The van der Waals surface area contributed by atoms with Gasteiger partial charge in [-0.1, -0.05) is 48.2 Å². The van der Waals surface area contributed by atoms with Gasteiger partial charge in [0.1, 0.15) is 5.75 Å². The predicted molar refractivity (Wildman–Crippen MR) is 143 cm³/mol. The van der Waals surface area contributed by atoms with Crippen LogP contribution in [0.1, 0.15) is 61.3 Å². The van der Waals surface area contributed by atoms with Gasteiger partial charge in [0.15, 0.2) is 0 Å². The number of nitrogens with one attached hydrogen (secondary N) is 1. The minimum atomic E-state index is -0.664. The molecule has 2 aromatic rings. The SMILES string of the molecule is CN(CCCCOCCCCCCNCC(O)c1ccc(O)c(CO)c1)Cc1c(Cl)cccc1Cl. The molecule has 8 heteroatoms. The van der Waals surface area contributed by atoms with E-state index in [9.17, 15) is 15.3 Å². The fourth-order valence-corrected chi connectivity index (χ4v) is 4.34. The first-order chi connectivity index (χ1) is 16.9. The standard InChI is InChI=1S/C27H40Cl2N2O4/c1-31(19-23-24(28)9-8-10-25(23)29)14-5-7-16-35-15-6-3-2-4-13-30-18-27(34)21-11-12-26(33)22(17-21)20-32/h8-12,17,27,30,32-34H,2-7,13-16,18-20H2,1H3. The summed E-state index contributed by atoms with van der Waals surface area (Å²) in [5.74, 6) is 0.0448. The summed E-state index contributed by atoms with van der Waals surface area (Å²) in [6.45, 7) is 4.34. The molecule has 2 rings (SSSR count). The van der Waals surface area contributed by atoms with Gasteiger partial charge in [0, 0.05) is 47.5 Å². The van der Waals surface area contributed by atoms with Gasteiger partial charge in [-0.05, 0) is 75.6 Å². The largest absolute Gasteiger partial charge is 0.508 e. The highest BCUT2D eigenvalue weighted by atomic mass is 35.5. The van der Waals surface area contributed by atoms with Gasteiger partial charge in [-0.3, -0.25) is 0 Å². The Bertz CT molecular complexity index is 849. The highest BCUT2D eigenvalue weighted by Crippen LogP contribution is 2.25. The van der Waals surface area contributed by atoms with Crippen LogP contribution in [0.4, 0.5) is 0 Å². The Kier molecular flexibility index (Phi) is 14.6. The second kappa shape index (κ2) is 17.1. The molecule has 0 heterocycles. The second-order valence-corrected chi connectivity index (χ2v) is 9.75. The lowest BCUT2D eigenvalue weighted by molar-refractivity contribution is 0.123. The fraction of sp³-hybridized carbons (Fsp3) is 0.556. The second-order valence-electron chi connectivity index (χ2n) is 8.94. The van der Waals surface area contributed by atoms with Crippen LogP contribution in [0.25, 0.3) is 0 Å². The number of nitrogens with zero attached hydrogens (tertiary/aromatic N) is 1. The maximum Gasteiger partial charge on any atom is 0.121 e. The number of phenols is 1.